The molecule has 136 valence electrons. The van der Waals surface area contributed by atoms with Gasteiger partial charge in [-0.3, -0.25) is 4.79 Å². The van der Waals surface area contributed by atoms with E-state index in [0.717, 1.165) is 16.5 Å². The highest BCUT2D eigenvalue weighted by Crippen LogP contribution is 2.36. The molecule has 28 heavy (non-hydrogen) atoms. The smallest absolute Gasteiger partial charge is 0.257 e. The van der Waals surface area contributed by atoms with Crippen LogP contribution in [-0.4, -0.2) is 22.7 Å². The van der Waals surface area contributed by atoms with Crippen LogP contribution in [0.3, 0.4) is 0 Å². The van der Waals surface area contributed by atoms with Crippen molar-refractivity contribution in [2.75, 3.05) is 12.1 Å². The second-order valence-corrected chi connectivity index (χ2v) is 6.31. The summed E-state index contributed by atoms with van der Waals surface area (Å²) in [5.41, 5.74) is 2.80. The number of nitrogens with zero attached hydrogens (tertiary/aromatic N) is 2. The van der Waals surface area contributed by atoms with Crippen molar-refractivity contribution in [3.63, 3.8) is 0 Å². The minimum atomic E-state index is -0.237. The molecule has 5 rings (SSSR count). The number of benzene rings is 2. The van der Waals surface area contributed by atoms with Crippen LogP contribution in [0.5, 0.6) is 11.5 Å². The lowest BCUT2D eigenvalue weighted by Gasteiger charge is -2.10. The fourth-order valence-electron chi connectivity index (χ4n) is 3.19. The minimum absolute atomic E-state index is 0.210. The zero-order chi connectivity index (χ0) is 18.9. The van der Waals surface area contributed by atoms with Crippen molar-refractivity contribution in [3.05, 3.63) is 78.5 Å². The zero-order valence-electron chi connectivity index (χ0n) is 14.8. The van der Waals surface area contributed by atoms with Gasteiger partial charge in [-0.05, 0) is 42.5 Å². The first-order valence-electron chi connectivity index (χ1n) is 8.80. The van der Waals surface area contributed by atoms with Crippen molar-refractivity contribution in [2.24, 2.45) is 0 Å². The second kappa shape index (κ2) is 6.66. The summed E-state index contributed by atoms with van der Waals surface area (Å²) in [6.07, 6.45) is 1.64. The molecule has 0 saturated carbocycles. The molecule has 0 bridgehead atoms. The molecular weight excluding hydrogens is 354 g/mol. The summed E-state index contributed by atoms with van der Waals surface area (Å²) in [5, 5.41) is 3.63. The molecule has 0 unspecified atom stereocenters. The molecular formula is C22H15N3O3. The molecule has 0 atom stereocenters. The number of nitrogens with one attached hydrogen (secondary N) is 1. The normalized spacial score (nSPS) is 12.1. The SMILES string of the molecule is O=C(Nc1ccccn1)c1cc(-c2ccc3c(c2)OCO3)nc2ccccc12. The van der Waals surface area contributed by atoms with E-state index in [9.17, 15) is 4.79 Å². The van der Waals surface area contributed by atoms with E-state index < -0.39 is 0 Å². The van der Waals surface area contributed by atoms with E-state index in [-0.39, 0.29) is 12.7 Å². The Morgan fingerprint density at radius 3 is 2.68 bits per heavy atom. The van der Waals surface area contributed by atoms with Gasteiger partial charge in [-0.2, -0.15) is 0 Å². The van der Waals surface area contributed by atoms with Gasteiger partial charge in [-0.25, -0.2) is 9.97 Å². The predicted octanol–water partition coefficient (Wildman–Crippen LogP) is 4.28. The van der Waals surface area contributed by atoms with Crippen LogP contribution in [0.15, 0.2) is 72.9 Å². The van der Waals surface area contributed by atoms with E-state index in [1.54, 1.807) is 24.4 Å². The lowest BCUT2D eigenvalue weighted by molar-refractivity contribution is 0.102. The number of fused-ring (bicyclic) bond motifs is 2. The van der Waals surface area contributed by atoms with E-state index in [1.807, 2.05) is 48.5 Å². The predicted molar refractivity (Wildman–Crippen MR) is 105 cm³/mol. The molecule has 2 aromatic heterocycles. The van der Waals surface area contributed by atoms with Gasteiger partial charge in [0, 0.05) is 17.1 Å². The van der Waals surface area contributed by atoms with Gasteiger partial charge in [0.2, 0.25) is 6.79 Å². The Bertz CT molecular complexity index is 1190. The van der Waals surface area contributed by atoms with Crippen LogP contribution in [-0.2, 0) is 0 Å². The summed E-state index contributed by atoms with van der Waals surface area (Å²) in [5.74, 6) is 1.64. The molecule has 4 aromatic rings. The van der Waals surface area contributed by atoms with Crippen molar-refractivity contribution in [1.29, 1.82) is 0 Å². The van der Waals surface area contributed by atoms with E-state index >= 15 is 0 Å². The quantitative estimate of drug-likeness (QED) is 0.584. The van der Waals surface area contributed by atoms with Gasteiger partial charge in [0.05, 0.1) is 16.8 Å². The molecule has 0 saturated heterocycles. The van der Waals surface area contributed by atoms with Crippen LogP contribution in [0.2, 0.25) is 0 Å². The lowest BCUT2D eigenvalue weighted by Crippen LogP contribution is -2.14. The highest BCUT2D eigenvalue weighted by molar-refractivity contribution is 6.12. The Labute approximate surface area is 160 Å². The summed E-state index contributed by atoms with van der Waals surface area (Å²) in [4.78, 5) is 21.9. The number of aromatic nitrogens is 2. The van der Waals surface area contributed by atoms with Gasteiger partial charge in [0.25, 0.3) is 5.91 Å². The summed E-state index contributed by atoms with van der Waals surface area (Å²) in [7, 11) is 0. The van der Waals surface area contributed by atoms with Gasteiger partial charge in [-0.15, -0.1) is 0 Å². The fourth-order valence-corrected chi connectivity index (χ4v) is 3.19. The van der Waals surface area contributed by atoms with Crippen LogP contribution >= 0.6 is 0 Å². The van der Waals surface area contributed by atoms with E-state index in [0.29, 0.717) is 28.6 Å². The minimum Gasteiger partial charge on any atom is -0.454 e. The summed E-state index contributed by atoms with van der Waals surface area (Å²) in [6.45, 7) is 0.210. The Morgan fingerprint density at radius 2 is 1.79 bits per heavy atom. The first-order chi connectivity index (χ1) is 13.8. The highest BCUT2D eigenvalue weighted by atomic mass is 16.7. The first kappa shape index (κ1) is 16.3. The summed E-state index contributed by atoms with van der Waals surface area (Å²) < 4.78 is 10.8. The van der Waals surface area contributed by atoms with E-state index in [1.165, 1.54) is 0 Å². The molecule has 0 aliphatic carbocycles. The average molecular weight is 369 g/mol. The third-order valence-electron chi connectivity index (χ3n) is 4.54. The lowest BCUT2D eigenvalue weighted by atomic mass is 10.0. The second-order valence-electron chi connectivity index (χ2n) is 6.31. The van der Waals surface area contributed by atoms with Crippen molar-refractivity contribution >= 4 is 22.6 Å². The molecule has 1 amide bonds. The number of para-hydroxylation sites is 1. The number of carbonyl (C=O) groups is 1. The monoisotopic (exact) mass is 369 g/mol. The summed E-state index contributed by atoms with van der Waals surface area (Å²) in [6, 6.07) is 20.4. The van der Waals surface area contributed by atoms with Gasteiger partial charge in [-0.1, -0.05) is 24.3 Å². The molecule has 1 aliphatic rings. The molecule has 0 spiro atoms. The van der Waals surface area contributed by atoms with Gasteiger partial charge in [0.1, 0.15) is 5.82 Å². The van der Waals surface area contributed by atoms with E-state index in [2.05, 4.69) is 10.3 Å². The number of rotatable bonds is 3. The van der Waals surface area contributed by atoms with E-state index in [4.69, 9.17) is 14.5 Å². The largest absolute Gasteiger partial charge is 0.454 e. The zero-order valence-corrected chi connectivity index (χ0v) is 14.8. The number of amides is 1. The van der Waals surface area contributed by atoms with Gasteiger partial charge < -0.3 is 14.8 Å². The van der Waals surface area contributed by atoms with Crippen molar-refractivity contribution in [1.82, 2.24) is 9.97 Å². The van der Waals surface area contributed by atoms with Crippen molar-refractivity contribution < 1.29 is 14.3 Å². The Morgan fingerprint density at radius 1 is 0.929 bits per heavy atom. The van der Waals surface area contributed by atoms with Crippen LogP contribution < -0.4 is 14.8 Å². The standard InChI is InChI=1S/C22H15N3O3/c26-22(25-21-7-3-4-10-23-21)16-12-18(24-17-6-2-1-5-15(16)17)14-8-9-19-20(11-14)28-13-27-19/h1-12H,13H2,(H,23,25,26). The van der Waals surface area contributed by atoms with Gasteiger partial charge >= 0.3 is 0 Å². The maximum Gasteiger partial charge on any atom is 0.257 e. The number of pyridine rings is 2. The molecule has 0 radical (unpaired) electrons. The van der Waals surface area contributed by atoms with Crippen molar-refractivity contribution in [3.8, 4) is 22.8 Å². The number of hydrogen-bond acceptors (Lipinski definition) is 5. The van der Waals surface area contributed by atoms with Crippen LogP contribution in [0.25, 0.3) is 22.2 Å². The molecule has 1 N–H and O–H groups in total. The Kier molecular flexibility index (Phi) is 3.87. The number of anilines is 1. The molecule has 6 nitrogen and oxygen atoms in total. The van der Waals surface area contributed by atoms with Crippen LogP contribution in [0, 0.1) is 0 Å². The van der Waals surface area contributed by atoms with Crippen LogP contribution in [0.4, 0.5) is 5.82 Å². The first-order valence-corrected chi connectivity index (χ1v) is 8.80. The Hall–Kier alpha value is -3.93. The van der Waals surface area contributed by atoms with Crippen molar-refractivity contribution in [2.45, 2.75) is 0 Å². The number of hydrogen-bond donors (Lipinski definition) is 1. The topological polar surface area (TPSA) is 73.3 Å². The maximum absolute atomic E-state index is 13.0. The maximum atomic E-state index is 13.0. The number of carbonyl (C=O) groups excluding carboxylic acids is 1. The number of ether oxygens (including phenoxy) is 2. The molecule has 6 heteroatoms. The molecule has 0 fully saturated rings. The van der Waals surface area contributed by atoms with Crippen LogP contribution in [0.1, 0.15) is 10.4 Å². The summed E-state index contributed by atoms with van der Waals surface area (Å²) >= 11 is 0. The Balaban J connectivity index is 1.61. The molecule has 2 aromatic carbocycles. The average Bonchev–Trinajstić information content (AvgIpc) is 3.21. The third kappa shape index (κ3) is 2.91. The highest BCUT2D eigenvalue weighted by Gasteiger charge is 2.17. The third-order valence-corrected chi connectivity index (χ3v) is 4.54. The fraction of sp³-hybridized carbons (Fsp3) is 0.0455. The van der Waals surface area contributed by atoms with Gasteiger partial charge in [0.15, 0.2) is 11.5 Å². The molecule has 3 heterocycles. The molecule has 1 aliphatic heterocycles.